The van der Waals surface area contributed by atoms with Crippen LogP contribution in [0, 0.1) is 0 Å². The lowest BCUT2D eigenvalue weighted by Crippen LogP contribution is -2.47. The average molecular weight is 316 g/mol. The van der Waals surface area contributed by atoms with E-state index in [-0.39, 0.29) is 13.1 Å². The number of rotatable bonds is 7. The van der Waals surface area contributed by atoms with Crippen LogP contribution in [0.1, 0.15) is 0 Å². The molecular weight excluding hydrogens is 298 g/mol. The van der Waals surface area contributed by atoms with Crippen LogP contribution in [-0.4, -0.2) is 101 Å². The quantitative estimate of drug-likeness (QED) is 0.312. The van der Waals surface area contributed by atoms with Crippen LogP contribution in [0.3, 0.4) is 0 Å². The van der Waals surface area contributed by atoms with Crippen molar-refractivity contribution in [2.75, 3.05) is 26.3 Å². The van der Waals surface area contributed by atoms with Crippen molar-refractivity contribution in [2.24, 2.45) is 0 Å². The third-order valence-corrected chi connectivity index (χ3v) is 3.62. The Labute approximate surface area is 117 Å². The molecule has 5 N–H and O–H groups in total. The van der Waals surface area contributed by atoms with Gasteiger partial charge in [0.05, 0.1) is 37.6 Å². The molecular formula is C9H18NO9S-3. The summed E-state index contributed by atoms with van der Waals surface area (Å²) in [6.07, 6.45) is -5.57. The van der Waals surface area contributed by atoms with Gasteiger partial charge in [0, 0.05) is 13.1 Å². The molecule has 1 saturated heterocycles. The lowest BCUT2D eigenvalue weighted by molar-refractivity contribution is -0.0370. The van der Waals surface area contributed by atoms with Crippen molar-refractivity contribution in [3.63, 3.8) is 0 Å². The van der Waals surface area contributed by atoms with Gasteiger partial charge in [-0.15, -0.1) is 0 Å². The van der Waals surface area contributed by atoms with E-state index in [0.29, 0.717) is 0 Å². The molecule has 0 saturated carbocycles. The van der Waals surface area contributed by atoms with Gasteiger partial charge in [-0.2, -0.15) is 0 Å². The van der Waals surface area contributed by atoms with Gasteiger partial charge in [-0.05, 0) is 0 Å². The van der Waals surface area contributed by atoms with Crippen molar-refractivity contribution < 1.29 is 43.4 Å². The summed E-state index contributed by atoms with van der Waals surface area (Å²) in [5.41, 5.74) is 0. The van der Waals surface area contributed by atoms with E-state index in [1.165, 1.54) is 4.90 Å². The summed E-state index contributed by atoms with van der Waals surface area (Å²) >= 11 is -5.09. The second-order valence-electron chi connectivity index (χ2n) is 4.55. The minimum atomic E-state index is -5.09. The first-order valence-corrected chi connectivity index (χ1v) is 7.17. The fourth-order valence-corrected chi connectivity index (χ4v) is 2.61. The summed E-state index contributed by atoms with van der Waals surface area (Å²) in [6.45, 7) is -1.77. The number of aliphatic hydroxyl groups excluding tert-OH is 5. The molecule has 122 valence electrons. The molecule has 3 unspecified atom stereocenters. The van der Waals surface area contributed by atoms with Crippen LogP contribution in [0.15, 0.2) is 0 Å². The molecule has 0 aromatic heterocycles. The van der Waals surface area contributed by atoms with Gasteiger partial charge in [-0.25, -0.2) is 0 Å². The predicted octanol–water partition coefficient (Wildman–Crippen LogP) is -3.77. The van der Waals surface area contributed by atoms with E-state index in [1.807, 2.05) is 0 Å². The minimum Gasteiger partial charge on any atom is -0.815 e. The van der Waals surface area contributed by atoms with Crippen molar-refractivity contribution >= 4 is 11.2 Å². The maximum atomic E-state index is 10.4. The maximum absolute atomic E-state index is 10.4. The van der Waals surface area contributed by atoms with Gasteiger partial charge in [0.15, 0.2) is 0 Å². The molecule has 20 heavy (non-hydrogen) atoms. The summed E-state index contributed by atoms with van der Waals surface area (Å²) in [4.78, 5) is 1.31. The standard InChI is InChI=1S/C9H21NO9S/c11-3-5-9(15)7(14)2-10(5)1-6(13)8(4-12)19-20(16,17)18/h5-9,11-18H,1-4H2/p-3/t5-,6?,7?,8?,9-/m1/s1. The second-order valence-corrected chi connectivity index (χ2v) is 5.56. The summed E-state index contributed by atoms with van der Waals surface area (Å²) in [7, 11) is 0. The first-order valence-electron chi connectivity index (χ1n) is 5.83. The molecule has 1 fully saturated rings. The van der Waals surface area contributed by atoms with E-state index >= 15 is 0 Å². The minimum absolute atomic E-state index is 0.0638. The molecule has 5 atom stereocenters. The molecule has 11 heteroatoms. The van der Waals surface area contributed by atoms with Crippen LogP contribution in [0.5, 0.6) is 0 Å². The summed E-state index contributed by atoms with van der Waals surface area (Å²) in [6, 6.07) is -0.845. The summed E-state index contributed by atoms with van der Waals surface area (Å²) in [5, 5.41) is 46.8. The molecule has 1 aliphatic rings. The van der Waals surface area contributed by atoms with Crippen molar-refractivity contribution in [1.29, 1.82) is 0 Å². The highest BCUT2D eigenvalue weighted by Gasteiger charge is 2.40. The van der Waals surface area contributed by atoms with Crippen LogP contribution >= 0.6 is 11.2 Å². The Balaban J connectivity index is 2.62. The fraction of sp³-hybridized carbons (Fsp3) is 1.00. The third kappa shape index (κ3) is 4.75. The predicted molar refractivity (Wildman–Crippen MR) is 62.3 cm³/mol. The molecule has 0 aromatic rings. The lowest BCUT2D eigenvalue weighted by atomic mass is 10.1. The molecule has 0 aromatic carbocycles. The molecule has 1 heterocycles. The van der Waals surface area contributed by atoms with E-state index < -0.39 is 54.8 Å². The molecule has 0 bridgehead atoms. The van der Waals surface area contributed by atoms with Gasteiger partial charge < -0.3 is 54.5 Å². The monoisotopic (exact) mass is 316 g/mol. The highest BCUT2D eigenvalue weighted by atomic mass is 32.3. The Morgan fingerprint density at radius 2 is 1.85 bits per heavy atom. The SMILES string of the molecule is [O-]S([O-])([O-])OC(CO)C(O)CN1CC(O)[C@H](O)[C@H]1CO. The van der Waals surface area contributed by atoms with Crippen LogP contribution in [0.25, 0.3) is 0 Å². The third-order valence-electron chi connectivity index (χ3n) is 3.14. The van der Waals surface area contributed by atoms with Crippen LogP contribution in [0.4, 0.5) is 0 Å². The molecule has 0 amide bonds. The summed E-state index contributed by atoms with van der Waals surface area (Å²) in [5.74, 6) is 0. The average Bonchev–Trinajstić information content (AvgIpc) is 2.60. The van der Waals surface area contributed by atoms with Gasteiger partial charge in [0.2, 0.25) is 0 Å². The number of β-amino-alcohol motifs (C(OH)–C–C–N with tert-alkyl or cyclic N) is 2. The molecule has 0 aliphatic carbocycles. The Bertz CT molecular complexity index is 302. The van der Waals surface area contributed by atoms with Crippen molar-refractivity contribution in [3.8, 4) is 0 Å². The largest absolute Gasteiger partial charge is 0.815 e. The first-order chi connectivity index (χ1) is 9.19. The Kier molecular flexibility index (Phi) is 6.56. The van der Waals surface area contributed by atoms with Crippen molar-refractivity contribution in [3.05, 3.63) is 0 Å². The molecule has 10 nitrogen and oxygen atoms in total. The smallest absolute Gasteiger partial charge is 0.116 e. The van der Waals surface area contributed by atoms with E-state index in [9.17, 15) is 29.0 Å². The highest BCUT2D eigenvalue weighted by Crippen LogP contribution is 2.35. The number of hydrogen-bond acceptors (Lipinski definition) is 10. The van der Waals surface area contributed by atoms with Gasteiger partial charge in [-0.3, -0.25) is 4.90 Å². The number of aliphatic hydroxyl groups is 5. The Hall–Kier alpha value is -0.0500. The van der Waals surface area contributed by atoms with E-state index in [1.54, 1.807) is 0 Å². The highest BCUT2D eigenvalue weighted by molar-refractivity contribution is 8.14. The molecule has 1 aliphatic heterocycles. The van der Waals surface area contributed by atoms with Crippen LogP contribution in [0.2, 0.25) is 0 Å². The summed E-state index contributed by atoms with van der Waals surface area (Å²) < 4.78 is 35.3. The van der Waals surface area contributed by atoms with E-state index in [4.69, 9.17) is 10.2 Å². The molecule has 0 radical (unpaired) electrons. The van der Waals surface area contributed by atoms with Crippen LogP contribution < -0.4 is 0 Å². The number of nitrogens with zero attached hydrogens (tertiary/aromatic N) is 1. The number of likely N-dealkylation sites (tertiary alicyclic amines) is 1. The maximum Gasteiger partial charge on any atom is 0.116 e. The van der Waals surface area contributed by atoms with Gasteiger partial charge >= 0.3 is 0 Å². The van der Waals surface area contributed by atoms with Crippen molar-refractivity contribution in [1.82, 2.24) is 4.90 Å². The van der Waals surface area contributed by atoms with Gasteiger partial charge in [-0.1, -0.05) is 0 Å². The zero-order chi connectivity index (χ0) is 15.5. The van der Waals surface area contributed by atoms with E-state index in [0.717, 1.165) is 0 Å². The van der Waals surface area contributed by atoms with Gasteiger partial charge in [0.1, 0.15) is 6.10 Å². The molecule has 0 spiro atoms. The fourth-order valence-electron chi connectivity index (χ4n) is 2.11. The first kappa shape index (κ1) is 18.0. The lowest BCUT2D eigenvalue weighted by Gasteiger charge is -2.63. The Morgan fingerprint density at radius 1 is 1.25 bits per heavy atom. The van der Waals surface area contributed by atoms with Crippen LogP contribution in [-0.2, 0) is 4.18 Å². The normalized spacial score (nSPS) is 32.3. The van der Waals surface area contributed by atoms with E-state index in [2.05, 4.69) is 4.18 Å². The zero-order valence-corrected chi connectivity index (χ0v) is 11.3. The second kappa shape index (κ2) is 7.29. The van der Waals surface area contributed by atoms with Gasteiger partial charge in [0.25, 0.3) is 0 Å². The zero-order valence-electron chi connectivity index (χ0n) is 10.4. The molecule has 1 rings (SSSR count). The Morgan fingerprint density at radius 3 is 2.30 bits per heavy atom. The van der Waals surface area contributed by atoms with Crippen molar-refractivity contribution in [2.45, 2.75) is 30.5 Å². The topological polar surface area (TPSA) is 183 Å². The number of hydrogen-bond donors (Lipinski definition) is 5.